The summed E-state index contributed by atoms with van der Waals surface area (Å²) in [6.07, 6.45) is 1.74. The Kier molecular flexibility index (Phi) is 5.49. The quantitative estimate of drug-likeness (QED) is 0.631. The zero-order valence-electron chi connectivity index (χ0n) is 15.8. The average molecular weight is 359 g/mol. The number of pyridine rings is 1. The molecule has 1 aromatic heterocycles. The molecule has 0 saturated heterocycles. The predicted molar refractivity (Wildman–Crippen MR) is 100 cm³/mol. The second-order valence-corrected chi connectivity index (χ2v) is 7.91. The molecule has 7 nitrogen and oxygen atoms in total. The Hall–Kier alpha value is -2.70. The fourth-order valence-electron chi connectivity index (χ4n) is 2.69. The van der Waals surface area contributed by atoms with Crippen molar-refractivity contribution in [2.75, 3.05) is 0 Å². The second-order valence-electron chi connectivity index (χ2n) is 7.91. The maximum absolute atomic E-state index is 12.0. The van der Waals surface area contributed by atoms with Crippen LogP contribution < -0.4 is 5.32 Å². The third-order valence-corrected chi connectivity index (χ3v) is 3.90. The van der Waals surface area contributed by atoms with E-state index in [0.29, 0.717) is 23.9 Å². The number of hydrogen-bond acceptors (Lipinski definition) is 5. The molecule has 0 aliphatic heterocycles. The Balaban J connectivity index is 2.21. The fourth-order valence-corrected chi connectivity index (χ4v) is 2.69. The van der Waals surface area contributed by atoms with Gasteiger partial charge in [0.15, 0.2) is 0 Å². The molecule has 0 aliphatic rings. The summed E-state index contributed by atoms with van der Waals surface area (Å²) in [4.78, 5) is 27.2. The zero-order valence-corrected chi connectivity index (χ0v) is 15.8. The van der Waals surface area contributed by atoms with Gasteiger partial charge < -0.3 is 10.1 Å². The standard InChI is InChI=1S/C19H25N3O4/c1-18(2,3)26-17(23)21-19(4,5)11-10-14-13-8-6-7-9-15(13)20-12-16(14)22(24)25/h6-9,12H,10-11H2,1-5H3,(H,21,23). The summed E-state index contributed by atoms with van der Waals surface area (Å²) in [5.41, 5.74) is 0.170. The third kappa shape index (κ3) is 5.15. The van der Waals surface area contributed by atoms with E-state index in [1.165, 1.54) is 6.20 Å². The van der Waals surface area contributed by atoms with Crippen LogP contribution in [0, 0.1) is 10.1 Å². The molecule has 0 radical (unpaired) electrons. The Morgan fingerprint density at radius 2 is 1.88 bits per heavy atom. The van der Waals surface area contributed by atoms with Crippen molar-refractivity contribution in [2.24, 2.45) is 0 Å². The number of ether oxygens (including phenoxy) is 1. The van der Waals surface area contributed by atoms with E-state index in [1.54, 1.807) is 20.8 Å². The van der Waals surface area contributed by atoms with Gasteiger partial charge in [0.1, 0.15) is 11.8 Å². The molecule has 0 spiro atoms. The van der Waals surface area contributed by atoms with E-state index in [4.69, 9.17) is 4.74 Å². The lowest BCUT2D eigenvalue weighted by Gasteiger charge is -2.28. The molecule has 1 aromatic carbocycles. The molecule has 2 rings (SSSR count). The second kappa shape index (κ2) is 7.27. The Morgan fingerprint density at radius 1 is 1.23 bits per heavy atom. The SMILES string of the molecule is CC(C)(CCc1c([N+](=O)[O-])cnc2ccccc12)NC(=O)OC(C)(C)C. The van der Waals surface area contributed by atoms with Crippen molar-refractivity contribution >= 4 is 22.7 Å². The molecule has 2 aromatic rings. The zero-order chi connectivity index (χ0) is 19.5. The molecule has 0 unspecified atom stereocenters. The number of para-hydroxylation sites is 1. The van der Waals surface area contributed by atoms with Crippen molar-refractivity contribution in [3.63, 3.8) is 0 Å². The molecule has 0 atom stereocenters. The summed E-state index contributed by atoms with van der Waals surface area (Å²) < 4.78 is 5.29. The van der Waals surface area contributed by atoms with Crippen LogP contribution in [0.5, 0.6) is 0 Å². The van der Waals surface area contributed by atoms with Gasteiger partial charge in [0.25, 0.3) is 5.69 Å². The molecule has 0 bridgehead atoms. The number of nitrogens with zero attached hydrogens (tertiary/aromatic N) is 2. The number of fused-ring (bicyclic) bond motifs is 1. The lowest BCUT2D eigenvalue weighted by molar-refractivity contribution is -0.385. The van der Waals surface area contributed by atoms with Gasteiger partial charge in [0, 0.05) is 16.5 Å². The molecule has 1 amide bonds. The van der Waals surface area contributed by atoms with Crippen molar-refractivity contribution in [3.05, 3.63) is 46.1 Å². The third-order valence-electron chi connectivity index (χ3n) is 3.90. The van der Waals surface area contributed by atoms with Crippen LogP contribution in [0.2, 0.25) is 0 Å². The van der Waals surface area contributed by atoms with E-state index in [0.717, 1.165) is 5.39 Å². The first-order valence-corrected chi connectivity index (χ1v) is 8.51. The maximum atomic E-state index is 12.0. The Labute approximate surface area is 152 Å². The van der Waals surface area contributed by atoms with Gasteiger partial charge in [-0.15, -0.1) is 0 Å². The van der Waals surface area contributed by atoms with Gasteiger partial charge in [-0.25, -0.2) is 9.78 Å². The van der Waals surface area contributed by atoms with E-state index < -0.39 is 22.2 Å². The van der Waals surface area contributed by atoms with E-state index >= 15 is 0 Å². The minimum absolute atomic E-state index is 0.00299. The summed E-state index contributed by atoms with van der Waals surface area (Å²) >= 11 is 0. The van der Waals surface area contributed by atoms with Crippen LogP contribution in [-0.2, 0) is 11.2 Å². The van der Waals surface area contributed by atoms with Gasteiger partial charge in [-0.2, -0.15) is 0 Å². The molecule has 140 valence electrons. The topological polar surface area (TPSA) is 94.4 Å². The Bertz CT molecular complexity index is 825. The number of nitrogens with one attached hydrogen (secondary N) is 1. The molecule has 26 heavy (non-hydrogen) atoms. The number of carbonyl (C=O) groups is 1. The van der Waals surface area contributed by atoms with Gasteiger partial charge in [-0.3, -0.25) is 10.1 Å². The highest BCUT2D eigenvalue weighted by molar-refractivity contribution is 5.85. The number of alkyl carbamates (subject to hydrolysis) is 1. The first kappa shape index (κ1) is 19.6. The number of rotatable bonds is 5. The van der Waals surface area contributed by atoms with E-state index in [9.17, 15) is 14.9 Å². The van der Waals surface area contributed by atoms with Crippen LogP contribution in [0.1, 0.15) is 46.6 Å². The van der Waals surface area contributed by atoms with Gasteiger partial charge in [-0.05, 0) is 53.5 Å². The normalized spacial score (nSPS) is 12.0. The molecule has 0 saturated carbocycles. The van der Waals surface area contributed by atoms with Crippen LogP contribution in [0.15, 0.2) is 30.5 Å². The van der Waals surface area contributed by atoms with Gasteiger partial charge in [0.05, 0.1) is 10.4 Å². The van der Waals surface area contributed by atoms with Gasteiger partial charge in [-0.1, -0.05) is 18.2 Å². The maximum Gasteiger partial charge on any atom is 0.408 e. The largest absolute Gasteiger partial charge is 0.444 e. The number of benzene rings is 1. The molecular formula is C19H25N3O4. The van der Waals surface area contributed by atoms with Crippen molar-refractivity contribution in [3.8, 4) is 0 Å². The first-order chi connectivity index (χ1) is 12.0. The summed E-state index contributed by atoms with van der Waals surface area (Å²) in [6, 6.07) is 7.34. The highest BCUT2D eigenvalue weighted by Crippen LogP contribution is 2.29. The van der Waals surface area contributed by atoms with Gasteiger partial charge >= 0.3 is 6.09 Å². The van der Waals surface area contributed by atoms with Crippen LogP contribution in [0.3, 0.4) is 0 Å². The highest BCUT2D eigenvalue weighted by atomic mass is 16.6. The van der Waals surface area contributed by atoms with Crippen molar-refractivity contribution in [1.29, 1.82) is 0 Å². The average Bonchev–Trinajstić information content (AvgIpc) is 2.49. The number of nitro groups is 1. The minimum atomic E-state index is -0.583. The van der Waals surface area contributed by atoms with Crippen LogP contribution >= 0.6 is 0 Å². The summed E-state index contributed by atoms with van der Waals surface area (Å²) in [7, 11) is 0. The smallest absolute Gasteiger partial charge is 0.408 e. The Morgan fingerprint density at radius 3 is 2.50 bits per heavy atom. The summed E-state index contributed by atoms with van der Waals surface area (Å²) in [6.45, 7) is 9.13. The number of hydrogen-bond donors (Lipinski definition) is 1. The minimum Gasteiger partial charge on any atom is -0.444 e. The number of carbonyl (C=O) groups excluding carboxylic acids is 1. The lowest BCUT2D eigenvalue weighted by Crippen LogP contribution is -2.46. The predicted octanol–water partition coefficient (Wildman–Crippen LogP) is 4.38. The number of aryl methyl sites for hydroxylation is 1. The van der Waals surface area contributed by atoms with E-state index in [-0.39, 0.29) is 5.69 Å². The molecule has 7 heteroatoms. The number of amides is 1. The summed E-state index contributed by atoms with van der Waals surface area (Å²) in [5, 5.41) is 15.0. The van der Waals surface area contributed by atoms with Crippen molar-refractivity contribution in [1.82, 2.24) is 10.3 Å². The van der Waals surface area contributed by atoms with Crippen LogP contribution in [-0.4, -0.2) is 27.1 Å². The molecular weight excluding hydrogens is 334 g/mol. The monoisotopic (exact) mass is 359 g/mol. The van der Waals surface area contributed by atoms with E-state index in [2.05, 4.69) is 10.3 Å². The first-order valence-electron chi connectivity index (χ1n) is 8.51. The van der Waals surface area contributed by atoms with Gasteiger partial charge in [0.2, 0.25) is 0 Å². The molecule has 1 heterocycles. The highest BCUT2D eigenvalue weighted by Gasteiger charge is 2.26. The van der Waals surface area contributed by atoms with Crippen molar-refractivity contribution in [2.45, 2.75) is 58.6 Å². The van der Waals surface area contributed by atoms with Crippen LogP contribution in [0.4, 0.5) is 10.5 Å². The molecule has 0 fully saturated rings. The van der Waals surface area contributed by atoms with Crippen LogP contribution in [0.25, 0.3) is 10.9 Å². The van der Waals surface area contributed by atoms with Crippen molar-refractivity contribution < 1.29 is 14.5 Å². The number of aromatic nitrogens is 1. The lowest BCUT2D eigenvalue weighted by atomic mass is 9.93. The fraction of sp³-hybridized carbons (Fsp3) is 0.474. The molecule has 1 N–H and O–H groups in total. The van der Waals surface area contributed by atoms with E-state index in [1.807, 2.05) is 38.1 Å². The molecule has 0 aliphatic carbocycles. The summed E-state index contributed by atoms with van der Waals surface area (Å²) in [5.74, 6) is 0.